The second-order valence-electron chi connectivity index (χ2n) is 4.66. The van der Waals surface area contributed by atoms with Crippen LogP contribution < -0.4 is 5.73 Å². The third-order valence-electron chi connectivity index (χ3n) is 3.32. The number of hydrogen-bond acceptors (Lipinski definition) is 4. The first kappa shape index (κ1) is 15.0. The van der Waals surface area contributed by atoms with Gasteiger partial charge in [0.15, 0.2) is 11.5 Å². The van der Waals surface area contributed by atoms with Gasteiger partial charge in [0.05, 0.1) is 22.0 Å². The molecule has 114 valence electrons. The summed E-state index contributed by atoms with van der Waals surface area (Å²) in [5.41, 5.74) is 6.11. The minimum Gasteiger partial charge on any atom is -0.506 e. The zero-order valence-electron chi connectivity index (χ0n) is 11.0. The second kappa shape index (κ2) is 5.35. The molecule has 4 N–H and O–H groups in total. The number of halogens is 3. The van der Waals surface area contributed by atoms with E-state index in [1.807, 2.05) is 0 Å². The van der Waals surface area contributed by atoms with E-state index in [0.717, 1.165) is 12.1 Å². The predicted molar refractivity (Wildman–Crippen MR) is 82.8 cm³/mol. The van der Waals surface area contributed by atoms with Crippen LogP contribution in [0.5, 0.6) is 11.5 Å². The summed E-state index contributed by atoms with van der Waals surface area (Å²) in [6.07, 6.45) is 0. The molecule has 0 spiro atoms. The van der Waals surface area contributed by atoms with Crippen LogP contribution in [0.15, 0.2) is 28.7 Å². The predicted octanol–water partition coefficient (Wildman–Crippen LogP) is 4.42. The number of furan rings is 1. The minimum absolute atomic E-state index is 0.0374. The number of aromatic hydroxyl groups is 2. The Morgan fingerprint density at radius 3 is 2.59 bits per heavy atom. The lowest BCUT2D eigenvalue weighted by molar-refractivity contribution is 0.442. The lowest BCUT2D eigenvalue weighted by atomic mass is 10.0. The quantitative estimate of drug-likeness (QED) is 0.644. The molecule has 0 aliphatic heterocycles. The van der Waals surface area contributed by atoms with Crippen molar-refractivity contribution in [3.05, 3.63) is 45.9 Å². The van der Waals surface area contributed by atoms with E-state index in [1.54, 1.807) is 0 Å². The van der Waals surface area contributed by atoms with Gasteiger partial charge in [0.2, 0.25) is 0 Å². The molecule has 3 rings (SSSR count). The number of phenolic OH excluding ortho intramolecular Hbond substituents is 1. The van der Waals surface area contributed by atoms with E-state index in [9.17, 15) is 14.6 Å². The molecule has 1 aromatic heterocycles. The van der Waals surface area contributed by atoms with E-state index in [1.165, 1.54) is 12.1 Å². The van der Waals surface area contributed by atoms with E-state index in [2.05, 4.69) is 0 Å². The van der Waals surface area contributed by atoms with Gasteiger partial charge in [0.25, 0.3) is 0 Å². The molecule has 0 saturated carbocycles. The highest BCUT2D eigenvalue weighted by atomic mass is 35.5. The summed E-state index contributed by atoms with van der Waals surface area (Å²) >= 11 is 12.2. The molecule has 4 nitrogen and oxygen atoms in total. The van der Waals surface area contributed by atoms with Crippen LogP contribution in [0.2, 0.25) is 10.0 Å². The molecule has 0 saturated heterocycles. The zero-order chi connectivity index (χ0) is 16.0. The Morgan fingerprint density at radius 2 is 1.91 bits per heavy atom. The largest absolute Gasteiger partial charge is 0.506 e. The van der Waals surface area contributed by atoms with Gasteiger partial charge in [-0.25, -0.2) is 4.39 Å². The third kappa shape index (κ3) is 2.18. The molecular weight excluding hydrogens is 332 g/mol. The first-order valence-electron chi connectivity index (χ1n) is 6.25. The van der Waals surface area contributed by atoms with Gasteiger partial charge in [0.1, 0.15) is 17.1 Å². The van der Waals surface area contributed by atoms with Crippen molar-refractivity contribution in [2.24, 2.45) is 5.73 Å². The molecule has 7 heteroatoms. The van der Waals surface area contributed by atoms with Crippen LogP contribution in [0.3, 0.4) is 0 Å². The number of phenols is 1. The lowest BCUT2D eigenvalue weighted by Gasteiger charge is -2.09. The Kier molecular flexibility index (Phi) is 3.64. The Hall–Kier alpha value is -1.95. The maximum atomic E-state index is 13.9. The van der Waals surface area contributed by atoms with Crippen LogP contribution >= 0.6 is 23.2 Å². The zero-order valence-corrected chi connectivity index (χ0v) is 12.5. The van der Waals surface area contributed by atoms with Crippen LogP contribution in [-0.4, -0.2) is 10.2 Å². The van der Waals surface area contributed by atoms with Gasteiger partial charge in [-0.3, -0.25) is 0 Å². The third-order valence-corrected chi connectivity index (χ3v) is 4.02. The van der Waals surface area contributed by atoms with Crippen molar-refractivity contribution in [3.8, 4) is 22.6 Å². The van der Waals surface area contributed by atoms with Crippen molar-refractivity contribution in [1.82, 2.24) is 0 Å². The van der Waals surface area contributed by atoms with Gasteiger partial charge in [0, 0.05) is 11.1 Å². The van der Waals surface area contributed by atoms with Crippen LogP contribution in [-0.2, 0) is 6.54 Å². The minimum atomic E-state index is -0.613. The molecule has 0 aliphatic rings. The van der Waals surface area contributed by atoms with E-state index >= 15 is 0 Å². The molecule has 2 aromatic carbocycles. The molecule has 0 radical (unpaired) electrons. The molecule has 0 bridgehead atoms. The summed E-state index contributed by atoms with van der Waals surface area (Å²) in [6, 6.07) is 5.05. The van der Waals surface area contributed by atoms with Crippen molar-refractivity contribution in [3.63, 3.8) is 0 Å². The molecule has 0 atom stereocenters. The van der Waals surface area contributed by atoms with Gasteiger partial charge in [-0.05, 0) is 24.3 Å². The summed E-state index contributed by atoms with van der Waals surface area (Å²) in [6.45, 7) is -0.0525. The fourth-order valence-corrected chi connectivity index (χ4v) is 2.89. The Balaban J connectivity index is 2.44. The Morgan fingerprint density at radius 1 is 1.18 bits per heavy atom. The number of fused-ring (bicyclic) bond motifs is 1. The lowest BCUT2D eigenvalue weighted by Crippen LogP contribution is -1.93. The molecule has 0 fully saturated rings. The van der Waals surface area contributed by atoms with Gasteiger partial charge in [-0.2, -0.15) is 0 Å². The van der Waals surface area contributed by atoms with Gasteiger partial charge < -0.3 is 20.4 Å². The van der Waals surface area contributed by atoms with E-state index < -0.39 is 5.82 Å². The first-order chi connectivity index (χ1) is 10.4. The van der Waals surface area contributed by atoms with Gasteiger partial charge in [-0.15, -0.1) is 0 Å². The van der Waals surface area contributed by atoms with Gasteiger partial charge >= 0.3 is 0 Å². The number of rotatable bonds is 2. The Bertz CT molecular complexity index is 892. The average Bonchev–Trinajstić information content (AvgIpc) is 2.80. The maximum absolute atomic E-state index is 13.9. The smallest absolute Gasteiger partial charge is 0.166 e. The monoisotopic (exact) mass is 341 g/mol. The van der Waals surface area contributed by atoms with E-state index in [4.69, 9.17) is 33.4 Å². The number of benzene rings is 2. The highest BCUT2D eigenvalue weighted by Gasteiger charge is 2.21. The summed E-state index contributed by atoms with van der Waals surface area (Å²) in [5.74, 6) is -0.925. The number of nitrogens with two attached hydrogens (primary N) is 1. The van der Waals surface area contributed by atoms with Crippen LogP contribution in [0.4, 0.5) is 4.39 Å². The topological polar surface area (TPSA) is 79.6 Å². The molecule has 22 heavy (non-hydrogen) atoms. The summed E-state index contributed by atoms with van der Waals surface area (Å²) in [4.78, 5) is 0. The van der Waals surface area contributed by atoms with Crippen molar-refractivity contribution < 1.29 is 19.0 Å². The van der Waals surface area contributed by atoms with Crippen molar-refractivity contribution >= 4 is 34.2 Å². The van der Waals surface area contributed by atoms with Crippen LogP contribution in [0, 0.1) is 5.82 Å². The first-order valence-corrected chi connectivity index (χ1v) is 7.01. The van der Waals surface area contributed by atoms with E-state index in [-0.39, 0.29) is 55.9 Å². The average molecular weight is 342 g/mol. The molecule has 0 aliphatic carbocycles. The molecule has 3 aromatic rings. The molecule has 0 amide bonds. The Labute approximate surface area is 134 Å². The van der Waals surface area contributed by atoms with Crippen molar-refractivity contribution in [2.75, 3.05) is 0 Å². The molecule has 0 unspecified atom stereocenters. The summed E-state index contributed by atoms with van der Waals surface area (Å²) in [7, 11) is 0. The van der Waals surface area contributed by atoms with E-state index in [0.29, 0.717) is 0 Å². The highest BCUT2D eigenvalue weighted by Crippen LogP contribution is 2.45. The SMILES string of the molecule is NCc1oc2c(-c3c(Cl)ccc(O)c3Cl)cc(F)cc2c1O. The summed E-state index contributed by atoms with van der Waals surface area (Å²) < 4.78 is 19.4. The van der Waals surface area contributed by atoms with Crippen molar-refractivity contribution in [2.45, 2.75) is 6.54 Å². The number of hydrogen-bond donors (Lipinski definition) is 3. The fourth-order valence-electron chi connectivity index (χ4n) is 2.31. The fraction of sp³-hybridized carbons (Fsp3) is 0.0667. The van der Waals surface area contributed by atoms with Crippen LogP contribution in [0.1, 0.15) is 5.76 Å². The normalized spacial score (nSPS) is 11.3. The second-order valence-corrected chi connectivity index (χ2v) is 5.45. The molecular formula is C15H10Cl2FNO3. The van der Waals surface area contributed by atoms with Gasteiger partial charge in [-0.1, -0.05) is 23.2 Å². The molecule has 1 heterocycles. The standard InChI is InChI=1S/C15H10Cl2FNO3/c16-9-1-2-10(20)13(17)12(9)7-3-6(18)4-8-14(21)11(5-19)22-15(7)8/h1-4,20-21H,5,19H2. The highest BCUT2D eigenvalue weighted by molar-refractivity contribution is 6.40. The summed E-state index contributed by atoms with van der Waals surface area (Å²) in [5, 5.41) is 20.1. The van der Waals surface area contributed by atoms with Crippen LogP contribution in [0.25, 0.3) is 22.1 Å². The maximum Gasteiger partial charge on any atom is 0.166 e. The van der Waals surface area contributed by atoms with Crippen molar-refractivity contribution in [1.29, 1.82) is 0 Å².